The number of ether oxygens (including phenoxy) is 1. The zero-order chi connectivity index (χ0) is 12.3. The van der Waals surface area contributed by atoms with E-state index in [0.717, 1.165) is 11.1 Å². The van der Waals surface area contributed by atoms with Gasteiger partial charge in [0.05, 0.1) is 0 Å². The summed E-state index contributed by atoms with van der Waals surface area (Å²) in [6.45, 7) is 4.02. The number of hydrogen-bond acceptors (Lipinski definition) is 2. The van der Waals surface area contributed by atoms with Crippen molar-refractivity contribution in [3.63, 3.8) is 0 Å². The molecule has 0 saturated heterocycles. The molecule has 17 heavy (non-hydrogen) atoms. The normalized spacial score (nSPS) is 12.2. The summed E-state index contributed by atoms with van der Waals surface area (Å²) in [6.07, 6.45) is -0.918. The fourth-order valence-corrected chi connectivity index (χ4v) is 1.54. The maximum absolute atomic E-state index is 9.91. The van der Waals surface area contributed by atoms with Crippen LogP contribution < -0.4 is 4.74 Å². The molecule has 0 radical (unpaired) electrons. The van der Waals surface area contributed by atoms with Crippen LogP contribution in [0.3, 0.4) is 0 Å². The Balaban J connectivity index is 2.08. The van der Waals surface area contributed by atoms with Crippen molar-refractivity contribution in [2.75, 3.05) is 0 Å². The molecule has 0 spiro atoms. The first-order valence-electron chi connectivity index (χ1n) is 5.63. The van der Waals surface area contributed by atoms with Crippen LogP contribution in [0.4, 0.5) is 0 Å². The first kappa shape index (κ1) is 11.7. The van der Waals surface area contributed by atoms with Gasteiger partial charge in [0.2, 0.25) is 6.29 Å². The van der Waals surface area contributed by atoms with Crippen molar-refractivity contribution in [3.8, 4) is 5.75 Å². The highest BCUT2D eigenvalue weighted by Crippen LogP contribution is 2.20. The molecule has 0 saturated carbocycles. The predicted octanol–water partition coefficient (Wildman–Crippen LogP) is 3.37. The van der Waals surface area contributed by atoms with E-state index < -0.39 is 6.29 Å². The molecule has 1 atom stereocenters. The summed E-state index contributed by atoms with van der Waals surface area (Å²) >= 11 is 0. The van der Waals surface area contributed by atoms with E-state index >= 15 is 0 Å². The second-order valence-electron chi connectivity index (χ2n) is 4.19. The number of benzene rings is 2. The van der Waals surface area contributed by atoms with Crippen molar-refractivity contribution in [2.24, 2.45) is 0 Å². The molecular weight excluding hydrogens is 212 g/mol. The number of aliphatic hydroxyl groups is 1. The zero-order valence-corrected chi connectivity index (χ0v) is 10.1. The largest absolute Gasteiger partial charge is 0.461 e. The molecule has 88 valence electrons. The lowest BCUT2D eigenvalue weighted by atomic mass is 10.1. The number of rotatable bonds is 3. The van der Waals surface area contributed by atoms with Gasteiger partial charge in [-0.25, -0.2) is 0 Å². The maximum atomic E-state index is 9.91. The SMILES string of the molecule is Cc1ccc(OC(O)c2ccc(C)cc2)cc1. The van der Waals surface area contributed by atoms with Crippen molar-refractivity contribution in [1.82, 2.24) is 0 Å². The van der Waals surface area contributed by atoms with Gasteiger partial charge in [-0.15, -0.1) is 0 Å². The van der Waals surface area contributed by atoms with Crippen molar-refractivity contribution in [1.29, 1.82) is 0 Å². The van der Waals surface area contributed by atoms with Gasteiger partial charge in [-0.2, -0.15) is 0 Å². The van der Waals surface area contributed by atoms with E-state index in [1.54, 1.807) is 0 Å². The molecule has 2 heteroatoms. The van der Waals surface area contributed by atoms with E-state index in [4.69, 9.17) is 4.74 Å². The van der Waals surface area contributed by atoms with Crippen LogP contribution in [0.1, 0.15) is 23.0 Å². The van der Waals surface area contributed by atoms with Gasteiger partial charge in [-0.05, 0) is 26.0 Å². The van der Waals surface area contributed by atoms with Crippen LogP contribution in [0, 0.1) is 13.8 Å². The average molecular weight is 228 g/mol. The van der Waals surface area contributed by atoms with Gasteiger partial charge < -0.3 is 9.84 Å². The third-order valence-electron chi connectivity index (χ3n) is 2.63. The van der Waals surface area contributed by atoms with Crippen LogP contribution in [0.5, 0.6) is 5.75 Å². The van der Waals surface area contributed by atoms with Crippen LogP contribution >= 0.6 is 0 Å². The lowest BCUT2D eigenvalue weighted by Gasteiger charge is -2.14. The molecule has 2 aromatic rings. The maximum Gasteiger partial charge on any atom is 0.224 e. The first-order valence-corrected chi connectivity index (χ1v) is 5.63. The smallest absolute Gasteiger partial charge is 0.224 e. The second kappa shape index (κ2) is 5.02. The Kier molecular flexibility index (Phi) is 3.45. The molecule has 2 rings (SSSR count). The molecule has 0 amide bonds. The van der Waals surface area contributed by atoms with Crippen molar-refractivity contribution < 1.29 is 9.84 Å². The molecule has 0 aromatic heterocycles. The lowest BCUT2D eigenvalue weighted by molar-refractivity contribution is -0.0194. The Labute approximate surface area is 101 Å². The molecule has 0 aliphatic heterocycles. The average Bonchev–Trinajstić information content (AvgIpc) is 2.33. The van der Waals surface area contributed by atoms with Crippen molar-refractivity contribution >= 4 is 0 Å². The minimum atomic E-state index is -0.918. The van der Waals surface area contributed by atoms with Crippen molar-refractivity contribution in [3.05, 3.63) is 65.2 Å². The van der Waals surface area contributed by atoms with Crippen LogP contribution in [-0.4, -0.2) is 5.11 Å². The first-order chi connectivity index (χ1) is 8.15. The van der Waals surface area contributed by atoms with Crippen molar-refractivity contribution in [2.45, 2.75) is 20.1 Å². The number of aliphatic hydroxyl groups excluding tert-OH is 1. The molecule has 1 unspecified atom stereocenters. The van der Waals surface area contributed by atoms with Crippen LogP contribution in [0.2, 0.25) is 0 Å². The molecular formula is C15H16O2. The van der Waals surface area contributed by atoms with Gasteiger partial charge >= 0.3 is 0 Å². The Hall–Kier alpha value is -1.80. The highest BCUT2D eigenvalue weighted by atomic mass is 16.6. The van der Waals surface area contributed by atoms with Gasteiger partial charge in [0.15, 0.2) is 0 Å². The molecule has 2 nitrogen and oxygen atoms in total. The topological polar surface area (TPSA) is 29.5 Å². The van der Waals surface area contributed by atoms with Crippen LogP contribution in [-0.2, 0) is 0 Å². The summed E-state index contributed by atoms with van der Waals surface area (Å²) in [5, 5.41) is 9.91. The minimum absolute atomic E-state index is 0.670. The third-order valence-corrected chi connectivity index (χ3v) is 2.63. The minimum Gasteiger partial charge on any atom is -0.461 e. The molecule has 2 aromatic carbocycles. The molecule has 0 bridgehead atoms. The summed E-state index contributed by atoms with van der Waals surface area (Å²) in [6, 6.07) is 15.3. The predicted molar refractivity (Wildman–Crippen MR) is 67.9 cm³/mol. The Morgan fingerprint density at radius 1 is 0.824 bits per heavy atom. The van der Waals surface area contributed by atoms with Gasteiger partial charge in [0.1, 0.15) is 5.75 Å². The Morgan fingerprint density at radius 2 is 1.29 bits per heavy atom. The molecule has 0 aliphatic rings. The fourth-order valence-electron chi connectivity index (χ4n) is 1.54. The van der Waals surface area contributed by atoms with E-state index in [2.05, 4.69) is 0 Å². The van der Waals surface area contributed by atoms with Gasteiger partial charge in [0, 0.05) is 5.56 Å². The van der Waals surface area contributed by atoms with Gasteiger partial charge in [0.25, 0.3) is 0 Å². The standard InChI is InChI=1S/C15H16O2/c1-11-3-7-13(8-4-11)15(16)17-14-9-5-12(2)6-10-14/h3-10,15-16H,1-2H3. The number of hydrogen-bond donors (Lipinski definition) is 1. The molecule has 1 N–H and O–H groups in total. The summed E-state index contributed by atoms with van der Waals surface area (Å²) in [5.41, 5.74) is 3.09. The quantitative estimate of drug-likeness (QED) is 0.816. The van der Waals surface area contributed by atoms with E-state index in [1.165, 1.54) is 5.56 Å². The van der Waals surface area contributed by atoms with E-state index in [-0.39, 0.29) is 0 Å². The van der Waals surface area contributed by atoms with E-state index in [9.17, 15) is 5.11 Å². The lowest BCUT2D eigenvalue weighted by Crippen LogP contribution is -2.06. The van der Waals surface area contributed by atoms with E-state index in [0.29, 0.717) is 5.75 Å². The Morgan fingerprint density at radius 3 is 1.82 bits per heavy atom. The molecule has 0 aliphatic carbocycles. The molecule has 0 fully saturated rings. The van der Waals surface area contributed by atoms with Gasteiger partial charge in [-0.3, -0.25) is 0 Å². The summed E-state index contributed by atoms with van der Waals surface area (Å²) in [7, 11) is 0. The summed E-state index contributed by atoms with van der Waals surface area (Å²) in [5.74, 6) is 0.670. The van der Waals surface area contributed by atoms with Crippen LogP contribution in [0.25, 0.3) is 0 Å². The number of aryl methyl sites for hydroxylation is 2. The summed E-state index contributed by atoms with van der Waals surface area (Å²) in [4.78, 5) is 0. The second-order valence-corrected chi connectivity index (χ2v) is 4.19. The fraction of sp³-hybridized carbons (Fsp3) is 0.200. The highest BCUT2D eigenvalue weighted by molar-refractivity contribution is 5.28. The van der Waals surface area contributed by atoms with Crippen LogP contribution in [0.15, 0.2) is 48.5 Å². The third kappa shape index (κ3) is 3.08. The summed E-state index contributed by atoms with van der Waals surface area (Å²) < 4.78 is 5.45. The Bertz CT molecular complexity index is 471. The molecule has 0 heterocycles. The zero-order valence-electron chi connectivity index (χ0n) is 10.1. The van der Waals surface area contributed by atoms with E-state index in [1.807, 2.05) is 62.4 Å². The van der Waals surface area contributed by atoms with Gasteiger partial charge in [-0.1, -0.05) is 47.5 Å². The highest BCUT2D eigenvalue weighted by Gasteiger charge is 2.08. The monoisotopic (exact) mass is 228 g/mol.